The fourth-order valence-corrected chi connectivity index (χ4v) is 1.68. The summed E-state index contributed by atoms with van der Waals surface area (Å²) in [5, 5.41) is 20.9. The molecule has 2 unspecified atom stereocenters. The van der Waals surface area contributed by atoms with Crippen LogP contribution in [-0.4, -0.2) is 29.3 Å². The molecule has 1 heterocycles. The Morgan fingerprint density at radius 3 is 2.42 bits per heavy atom. The first-order valence-electron chi connectivity index (χ1n) is 4.30. The summed E-state index contributed by atoms with van der Waals surface area (Å²) in [6.07, 6.45) is 0.780. The van der Waals surface area contributed by atoms with Gasteiger partial charge in [-0.05, 0) is 19.3 Å². The monoisotopic (exact) mass is 175 g/mol. The Kier molecular flexibility index (Phi) is 1.68. The minimum atomic E-state index is -2.79. The molecule has 4 heteroatoms. The number of hydrogen-bond acceptors (Lipinski definition) is 2. The van der Waals surface area contributed by atoms with Crippen molar-refractivity contribution in [1.29, 1.82) is 0 Å². The van der Waals surface area contributed by atoms with Crippen LogP contribution in [0.2, 0.25) is 0 Å². The van der Waals surface area contributed by atoms with Crippen LogP contribution in [0.3, 0.4) is 0 Å². The van der Waals surface area contributed by atoms with Crippen LogP contribution >= 0.6 is 0 Å². The largest absolute Gasteiger partial charge is 0.384 e. The molecule has 1 saturated heterocycles. The Balaban J connectivity index is 2.07. The zero-order chi connectivity index (χ0) is 8.82. The van der Waals surface area contributed by atoms with E-state index in [1.807, 2.05) is 0 Å². The third-order valence-electron chi connectivity index (χ3n) is 2.93. The minimum Gasteiger partial charge on any atom is -0.384 e. The van der Waals surface area contributed by atoms with E-state index in [1.165, 1.54) is 0 Å². The molecule has 0 spiro atoms. The molecule has 3 nitrogen and oxygen atoms in total. The number of rotatable bonds is 2. The molecular formula is C8H12FO3. The molecule has 1 aliphatic heterocycles. The maximum absolute atomic E-state index is 13.4. The summed E-state index contributed by atoms with van der Waals surface area (Å²) in [7, 11) is 0. The van der Waals surface area contributed by atoms with Gasteiger partial charge in [-0.1, -0.05) is 0 Å². The van der Waals surface area contributed by atoms with Gasteiger partial charge in [-0.3, -0.25) is 0 Å². The van der Waals surface area contributed by atoms with Crippen LogP contribution in [0.5, 0.6) is 0 Å². The second-order valence-electron chi connectivity index (χ2n) is 3.68. The Morgan fingerprint density at radius 1 is 1.58 bits per heavy atom. The summed E-state index contributed by atoms with van der Waals surface area (Å²) < 4.78 is 18.2. The van der Waals surface area contributed by atoms with Gasteiger partial charge in [0.05, 0.1) is 0 Å². The lowest BCUT2D eigenvalue weighted by Crippen LogP contribution is -2.64. The van der Waals surface area contributed by atoms with Crippen LogP contribution in [0.15, 0.2) is 0 Å². The normalized spacial score (nSPS) is 37.8. The zero-order valence-corrected chi connectivity index (χ0v) is 6.75. The van der Waals surface area contributed by atoms with Crippen LogP contribution < -0.4 is 0 Å². The van der Waals surface area contributed by atoms with Gasteiger partial charge >= 0.3 is 0 Å². The highest BCUT2D eigenvalue weighted by Crippen LogP contribution is 2.46. The quantitative estimate of drug-likeness (QED) is 0.674. The second kappa shape index (κ2) is 2.40. The van der Waals surface area contributed by atoms with E-state index < -0.39 is 17.6 Å². The molecule has 2 aliphatic rings. The first-order chi connectivity index (χ1) is 5.56. The highest BCUT2D eigenvalue weighted by molar-refractivity contribution is 5.04. The van der Waals surface area contributed by atoms with Gasteiger partial charge in [0.15, 0.2) is 0 Å². The maximum Gasteiger partial charge on any atom is 0.294 e. The van der Waals surface area contributed by atoms with Gasteiger partial charge < -0.3 is 9.84 Å². The van der Waals surface area contributed by atoms with Crippen LogP contribution in [0.4, 0.5) is 4.39 Å². The summed E-state index contributed by atoms with van der Waals surface area (Å²) >= 11 is 0. The van der Waals surface area contributed by atoms with Gasteiger partial charge in [0.2, 0.25) is 0 Å². The first-order valence-corrected chi connectivity index (χ1v) is 4.30. The number of hydrogen-bond donors (Lipinski definition) is 1. The van der Waals surface area contributed by atoms with Gasteiger partial charge in [-0.25, -0.2) is 4.39 Å². The van der Waals surface area contributed by atoms with Crippen LogP contribution in [0, 0.1) is 0 Å². The van der Waals surface area contributed by atoms with Gasteiger partial charge in [0, 0.05) is 13.0 Å². The molecule has 1 aliphatic carbocycles. The molecule has 2 rings (SSSR count). The SMILES string of the molecule is [O]C(F)(C1CCO1)C1(O)CCC1. The highest BCUT2D eigenvalue weighted by atomic mass is 19.2. The number of halogens is 1. The second-order valence-corrected chi connectivity index (χ2v) is 3.68. The average molecular weight is 175 g/mol. The lowest BCUT2D eigenvalue weighted by atomic mass is 9.72. The van der Waals surface area contributed by atoms with E-state index in [2.05, 4.69) is 0 Å². The van der Waals surface area contributed by atoms with E-state index >= 15 is 0 Å². The van der Waals surface area contributed by atoms with Gasteiger partial charge in [-0.15, -0.1) is 0 Å². The Morgan fingerprint density at radius 2 is 2.17 bits per heavy atom. The Hall–Kier alpha value is -0.190. The predicted octanol–water partition coefficient (Wildman–Crippen LogP) is 0.787. The third kappa shape index (κ3) is 0.917. The molecule has 0 amide bonds. The smallest absolute Gasteiger partial charge is 0.294 e. The summed E-state index contributed by atoms with van der Waals surface area (Å²) in [6, 6.07) is 0. The van der Waals surface area contributed by atoms with E-state index in [9.17, 15) is 14.6 Å². The average Bonchev–Trinajstić information content (AvgIpc) is 1.76. The summed E-state index contributed by atoms with van der Waals surface area (Å²) in [5.41, 5.74) is -1.65. The maximum atomic E-state index is 13.4. The van der Waals surface area contributed by atoms with Crippen LogP contribution in [-0.2, 0) is 9.84 Å². The van der Waals surface area contributed by atoms with Crippen molar-refractivity contribution >= 4 is 0 Å². The van der Waals surface area contributed by atoms with Crippen molar-refractivity contribution in [3.05, 3.63) is 0 Å². The fraction of sp³-hybridized carbons (Fsp3) is 1.00. The van der Waals surface area contributed by atoms with Gasteiger partial charge in [-0.2, -0.15) is 5.11 Å². The molecule has 0 aromatic rings. The van der Waals surface area contributed by atoms with Crippen molar-refractivity contribution in [1.82, 2.24) is 0 Å². The van der Waals surface area contributed by atoms with E-state index in [4.69, 9.17) is 4.74 Å². The molecule has 2 fully saturated rings. The van der Waals surface area contributed by atoms with E-state index in [-0.39, 0.29) is 12.8 Å². The van der Waals surface area contributed by atoms with Gasteiger partial charge in [0.25, 0.3) is 5.85 Å². The molecule has 1 radical (unpaired) electrons. The fourth-order valence-electron chi connectivity index (χ4n) is 1.68. The van der Waals surface area contributed by atoms with Crippen LogP contribution in [0.1, 0.15) is 25.7 Å². The van der Waals surface area contributed by atoms with E-state index in [0.29, 0.717) is 13.0 Å². The van der Waals surface area contributed by atoms with Gasteiger partial charge in [0.1, 0.15) is 11.7 Å². The first kappa shape index (κ1) is 8.41. The molecule has 1 N–H and O–H groups in total. The summed E-state index contributed by atoms with van der Waals surface area (Å²) in [5.74, 6) is -2.79. The molecule has 0 aromatic carbocycles. The van der Waals surface area contributed by atoms with Crippen molar-refractivity contribution in [2.75, 3.05) is 6.61 Å². The van der Waals surface area contributed by atoms with Crippen LogP contribution in [0.25, 0.3) is 0 Å². The van der Waals surface area contributed by atoms with Crippen molar-refractivity contribution in [3.63, 3.8) is 0 Å². The van der Waals surface area contributed by atoms with E-state index in [0.717, 1.165) is 6.42 Å². The van der Waals surface area contributed by atoms with Crippen molar-refractivity contribution < 1.29 is 19.3 Å². The summed E-state index contributed by atoms with van der Waals surface area (Å²) in [6.45, 7) is 0.439. The highest BCUT2D eigenvalue weighted by Gasteiger charge is 2.62. The minimum absolute atomic E-state index is 0.271. The number of aliphatic hydroxyl groups is 1. The molecular weight excluding hydrogens is 163 g/mol. The Bertz CT molecular complexity index is 185. The zero-order valence-electron chi connectivity index (χ0n) is 6.75. The lowest BCUT2D eigenvalue weighted by molar-refractivity contribution is -0.350. The van der Waals surface area contributed by atoms with Crippen molar-refractivity contribution in [2.24, 2.45) is 0 Å². The van der Waals surface area contributed by atoms with E-state index in [1.54, 1.807) is 0 Å². The molecule has 69 valence electrons. The number of ether oxygens (including phenoxy) is 1. The molecule has 0 bridgehead atoms. The standard InChI is InChI=1S/C8H12FO3/c9-8(11,6-2-5-12-6)7(10)3-1-4-7/h6,10H,1-5H2. The molecule has 1 saturated carbocycles. The van der Waals surface area contributed by atoms with Crippen molar-refractivity contribution in [2.45, 2.75) is 43.2 Å². The summed E-state index contributed by atoms with van der Waals surface area (Å²) in [4.78, 5) is 0. The molecule has 0 aromatic heterocycles. The predicted molar refractivity (Wildman–Crippen MR) is 37.7 cm³/mol. The topological polar surface area (TPSA) is 49.4 Å². The molecule has 12 heavy (non-hydrogen) atoms. The Labute approximate surface area is 70.1 Å². The number of alkyl halides is 1. The molecule has 2 atom stereocenters. The lowest BCUT2D eigenvalue weighted by Gasteiger charge is -2.48. The van der Waals surface area contributed by atoms with Crippen molar-refractivity contribution in [3.8, 4) is 0 Å². The third-order valence-corrected chi connectivity index (χ3v) is 2.93.